The van der Waals surface area contributed by atoms with Crippen LogP contribution in [0.3, 0.4) is 0 Å². The molecule has 0 aliphatic carbocycles. The van der Waals surface area contributed by atoms with Crippen molar-refractivity contribution >= 4 is 38.3 Å². The van der Waals surface area contributed by atoms with Crippen LogP contribution < -0.4 is 5.32 Å². The number of halogens is 1. The van der Waals surface area contributed by atoms with E-state index in [9.17, 15) is 4.79 Å². The monoisotopic (exact) mass is 386 g/mol. The van der Waals surface area contributed by atoms with Gasteiger partial charge in [0.2, 0.25) is 0 Å². The zero-order valence-electron chi connectivity index (χ0n) is 12.8. The van der Waals surface area contributed by atoms with Gasteiger partial charge in [-0.25, -0.2) is 4.98 Å². The van der Waals surface area contributed by atoms with Crippen molar-refractivity contribution in [2.45, 2.75) is 13.8 Å². The Morgan fingerprint density at radius 1 is 1.09 bits per heavy atom. The summed E-state index contributed by atoms with van der Waals surface area (Å²) in [6, 6.07) is 15.6. The first-order valence-corrected chi connectivity index (χ1v) is 8.76. The van der Waals surface area contributed by atoms with E-state index in [1.165, 1.54) is 16.9 Å². The maximum Gasteiger partial charge on any atom is 0.258 e. The van der Waals surface area contributed by atoms with Crippen molar-refractivity contribution in [3.8, 4) is 11.3 Å². The number of hydrogen-bond donors (Lipinski definition) is 1. The molecule has 3 rings (SSSR count). The summed E-state index contributed by atoms with van der Waals surface area (Å²) in [6.07, 6.45) is 0. The number of thiazole rings is 1. The van der Waals surface area contributed by atoms with Gasteiger partial charge >= 0.3 is 0 Å². The van der Waals surface area contributed by atoms with Gasteiger partial charge in [-0.3, -0.25) is 10.1 Å². The number of anilines is 1. The first-order chi connectivity index (χ1) is 11.0. The smallest absolute Gasteiger partial charge is 0.258 e. The van der Waals surface area contributed by atoms with Crippen molar-refractivity contribution < 1.29 is 4.79 Å². The second-order valence-corrected chi connectivity index (χ2v) is 7.28. The molecule has 2 aromatic carbocycles. The van der Waals surface area contributed by atoms with Crippen molar-refractivity contribution in [3.63, 3.8) is 0 Å². The van der Waals surface area contributed by atoms with E-state index in [0.717, 1.165) is 20.6 Å². The Hall–Kier alpha value is -1.98. The van der Waals surface area contributed by atoms with Crippen LogP contribution in [0.25, 0.3) is 11.3 Å². The number of nitrogens with zero attached hydrogens (tertiary/aromatic N) is 1. The number of rotatable bonds is 3. The van der Waals surface area contributed by atoms with Crippen LogP contribution in [0.1, 0.15) is 20.8 Å². The number of carbonyl (C=O) groups is 1. The molecule has 0 atom stereocenters. The highest BCUT2D eigenvalue weighted by atomic mass is 79.9. The van der Waals surface area contributed by atoms with Gasteiger partial charge in [-0.15, -0.1) is 11.3 Å². The molecule has 0 unspecified atom stereocenters. The Bertz CT molecular complexity index is 856. The van der Waals surface area contributed by atoms with Crippen LogP contribution in [0, 0.1) is 13.8 Å². The Kier molecular flexibility index (Phi) is 4.59. The summed E-state index contributed by atoms with van der Waals surface area (Å²) in [5, 5.41) is 3.49. The molecule has 1 amide bonds. The van der Waals surface area contributed by atoms with Crippen LogP contribution in [0.4, 0.5) is 5.13 Å². The Morgan fingerprint density at radius 3 is 2.48 bits per heavy atom. The number of benzene rings is 2. The van der Waals surface area contributed by atoms with E-state index in [-0.39, 0.29) is 5.91 Å². The van der Waals surface area contributed by atoms with Gasteiger partial charge in [0.05, 0.1) is 11.3 Å². The lowest BCUT2D eigenvalue weighted by atomic mass is 10.1. The van der Waals surface area contributed by atoms with Gasteiger partial charge in [0, 0.05) is 14.9 Å². The number of aromatic nitrogens is 1. The molecule has 0 spiro atoms. The van der Waals surface area contributed by atoms with Crippen molar-refractivity contribution in [2.24, 2.45) is 0 Å². The topological polar surface area (TPSA) is 42.0 Å². The van der Waals surface area contributed by atoms with Crippen molar-refractivity contribution in [2.75, 3.05) is 5.32 Å². The minimum absolute atomic E-state index is 0.165. The maximum atomic E-state index is 12.4. The van der Waals surface area contributed by atoms with Crippen LogP contribution in [-0.2, 0) is 0 Å². The standard InChI is InChI=1S/C18H15BrN2OS/c1-11-7-9-13(10-8-11)16-12(2)23-18(20-16)21-17(22)14-5-3-4-6-15(14)19/h3-10H,1-2H3,(H,20,21,22). The SMILES string of the molecule is Cc1ccc(-c2nc(NC(=O)c3ccccc3Br)sc2C)cc1. The number of nitrogens with one attached hydrogen (secondary N) is 1. The molecule has 1 aromatic heterocycles. The van der Waals surface area contributed by atoms with E-state index in [0.29, 0.717) is 10.7 Å². The zero-order valence-corrected chi connectivity index (χ0v) is 15.2. The molecule has 0 saturated carbocycles. The summed E-state index contributed by atoms with van der Waals surface area (Å²) in [5.41, 5.74) is 3.78. The predicted octanol–water partition coefficient (Wildman–Crippen LogP) is 5.44. The third-order valence-corrected chi connectivity index (χ3v) is 5.04. The highest BCUT2D eigenvalue weighted by molar-refractivity contribution is 9.10. The van der Waals surface area contributed by atoms with E-state index >= 15 is 0 Å². The third-order valence-electron chi connectivity index (χ3n) is 3.46. The lowest BCUT2D eigenvalue weighted by Crippen LogP contribution is -2.12. The van der Waals surface area contributed by atoms with Crippen molar-refractivity contribution in [1.29, 1.82) is 0 Å². The molecule has 116 valence electrons. The van der Waals surface area contributed by atoms with Crippen LogP contribution in [0.2, 0.25) is 0 Å². The Balaban J connectivity index is 1.85. The molecular weight excluding hydrogens is 372 g/mol. The van der Waals surface area contributed by atoms with Gasteiger partial charge < -0.3 is 0 Å². The van der Waals surface area contributed by atoms with Crippen LogP contribution in [-0.4, -0.2) is 10.9 Å². The molecule has 1 N–H and O–H groups in total. The minimum atomic E-state index is -0.165. The molecule has 1 heterocycles. The second-order valence-electron chi connectivity index (χ2n) is 5.22. The number of amides is 1. The number of hydrogen-bond acceptors (Lipinski definition) is 3. The van der Waals surface area contributed by atoms with Gasteiger partial charge in [0.25, 0.3) is 5.91 Å². The van der Waals surface area contributed by atoms with Crippen molar-refractivity contribution in [3.05, 3.63) is 69.0 Å². The van der Waals surface area contributed by atoms with Crippen molar-refractivity contribution in [1.82, 2.24) is 4.98 Å². The maximum absolute atomic E-state index is 12.4. The third kappa shape index (κ3) is 3.51. The summed E-state index contributed by atoms with van der Waals surface area (Å²) < 4.78 is 0.768. The van der Waals surface area contributed by atoms with Gasteiger partial charge in [0.1, 0.15) is 0 Å². The summed E-state index contributed by atoms with van der Waals surface area (Å²) in [5.74, 6) is -0.165. The van der Waals surface area contributed by atoms with Crippen LogP contribution in [0.15, 0.2) is 53.0 Å². The first-order valence-electron chi connectivity index (χ1n) is 7.15. The van der Waals surface area contributed by atoms with E-state index in [2.05, 4.69) is 57.4 Å². The molecule has 5 heteroatoms. The fourth-order valence-electron chi connectivity index (χ4n) is 2.24. The van der Waals surface area contributed by atoms with Gasteiger partial charge in [0.15, 0.2) is 5.13 Å². The van der Waals surface area contributed by atoms with Gasteiger partial charge in [-0.2, -0.15) is 0 Å². The number of carbonyl (C=O) groups excluding carboxylic acids is 1. The molecule has 3 aromatic rings. The normalized spacial score (nSPS) is 10.6. The lowest BCUT2D eigenvalue weighted by Gasteiger charge is -2.03. The summed E-state index contributed by atoms with van der Waals surface area (Å²) in [4.78, 5) is 18.0. The van der Waals surface area contributed by atoms with Gasteiger partial charge in [-0.05, 0) is 41.9 Å². The largest absolute Gasteiger partial charge is 0.298 e. The van der Waals surface area contributed by atoms with Gasteiger partial charge in [-0.1, -0.05) is 42.0 Å². The quantitative estimate of drug-likeness (QED) is 0.650. The molecule has 0 aliphatic heterocycles. The number of aryl methyl sites for hydroxylation is 2. The Labute approximate surface area is 147 Å². The molecule has 0 saturated heterocycles. The summed E-state index contributed by atoms with van der Waals surface area (Å²) >= 11 is 4.88. The molecule has 0 radical (unpaired) electrons. The fraction of sp³-hybridized carbons (Fsp3) is 0.111. The molecule has 23 heavy (non-hydrogen) atoms. The zero-order chi connectivity index (χ0) is 16.4. The van der Waals surface area contributed by atoms with E-state index < -0.39 is 0 Å². The van der Waals surface area contributed by atoms with Crippen LogP contribution >= 0.6 is 27.3 Å². The molecular formula is C18H15BrN2OS. The van der Waals surface area contributed by atoms with E-state index in [1.54, 1.807) is 6.07 Å². The summed E-state index contributed by atoms with van der Waals surface area (Å²) in [7, 11) is 0. The molecule has 0 bridgehead atoms. The average Bonchev–Trinajstić information content (AvgIpc) is 2.89. The highest BCUT2D eigenvalue weighted by Crippen LogP contribution is 2.31. The lowest BCUT2D eigenvalue weighted by molar-refractivity contribution is 0.102. The minimum Gasteiger partial charge on any atom is -0.298 e. The Morgan fingerprint density at radius 2 is 1.78 bits per heavy atom. The second kappa shape index (κ2) is 6.64. The molecule has 0 fully saturated rings. The predicted molar refractivity (Wildman–Crippen MR) is 99.1 cm³/mol. The molecule has 3 nitrogen and oxygen atoms in total. The first kappa shape index (κ1) is 15.9. The fourth-order valence-corrected chi connectivity index (χ4v) is 3.53. The van der Waals surface area contributed by atoms with Crippen LogP contribution in [0.5, 0.6) is 0 Å². The molecule has 0 aliphatic rings. The summed E-state index contributed by atoms with van der Waals surface area (Å²) in [6.45, 7) is 4.07. The highest BCUT2D eigenvalue weighted by Gasteiger charge is 2.14. The van der Waals surface area contributed by atoms with E-state index in [1.807, 2.05) is 25.1 Å². The van der Waals surface area contributed by atoms with E-state index in [4.69, 9.17) is 0 Å². The average molecular weight is 387 g/mol.